The molecule has 2 aromatic heterocycles. The molecule has 1 saturated heterocycles. The lowest BCUT2D eigenvalue weighted by atomic mass is 9.94. The van der Waals surface area contributed by atoms with E-state index in [2.05, 4.69) is 49.5 Å². The minimum absolute atomic E-state index is 0.0129. The molecule has 2 atom stereocenters. The van der Waals surface area contributed by atoms with Crippen molar-refractivity contribution in [1.29, 1.82) is 0 Å². The van der Waals surface area contributed by atoms with Gasteiger partial charge < -0.3 is 20.1 Å². The van der Waals surface area contributed by atoms with Gasteiger partial charge in [0.15, 0.2) is 5.11 Å². The van der Waals surface area contributed by atoms with E-state index in [1.807, 2.05) is 49.5 Å². The summed E-state index contributed by atoms with van der Waals surface area (Å²) in [6.07, 6.45) is 10.7. The van der Waals surface area contributed by atoms with Crippen LogP contribution >= 0.6 is 12.2 Å². The molecule has 1 aliphatic heterocycles. The van der Waals surface area contributed by atoms with E-state index in [9.17, 15) is 4.79 Å². The topological polar surface area (TPSA) is 62.2 Å². The standard InChI is InChI=1S/C28H33N5OS/c1-20-9-7-10-21(19-20)30-25(34)15-18-33-27(26(31-28(33)35)23-13-5-6-16-29-23)24-14-8-17-32(24)22-11-3-2-4-12-22/h5-10,13-14,16-17,19,22,26-27H,2-4,11-12,15,18H2,1H3,(H,30,34)(H,31,35)/t26-,27-/m0/s1. The fourth-order valence-electron chi connectivity index (χ4n) is 5.49. The average molecular weight is 488 g/mol. The molecule has 0 unspecified atom stereocenters. The number of thiocarbonyl (C=S) groups is 1. The summed E-state index contributed by atoms with van der Waals surface area (Å²) in [6.45, 7) is 2.56. The summed E-state index contributed by atoms with van der Waals surface area (Å²) in [7, 11) is 0. The van der Waals surface area contributed by atoms with Crippen LogP contribution in [0.5, 0.6) is 0 Å². The van der Waals surface area contributed by atoms with Crippen molar-refractivity contribution in [3.63, 3.8) is 0 Å². The third-order valence-electron chi connectivity index (χ3n) is 7.16. The van der Waals surface area contributed by atoms with Crippen LogP contribution in [-0.2, 0) is 4.79 Å². The number of hydrogen-bond donors (Lipinski definition) is 2. The Balaban J connectivity index is 1.39. The number of anilines is 1. The maximum atomic E-state index is 12.8. The molecule has 5 rings (SSSR count). The molecule has 35 heavy (non-hydrogen) atoms. The third kappa shape index (κ3) is 5.25. The van der Waals surface area contributed by atoms with Crippen LogP contribution in [-0.4, -0.2) is 32.0 Å². The first-order valence-electron chi connectivity index (χ1n) is 12.6. The van der Waals surface area contributed by atoms with Crippen molar-refractivity contribution in [2.45, 2.75) is 63.6 Å². The Bertz CT molecular complexity index is 1170. The molecule has 2 aliphatic rings. The first kappa shape index (κ1) is 23.5. The Morgan fingerprint density at radius 1 is 1.11 bits per heavy atom. The van der Waals surface area contributed by atoms with E-state index < -0.39 is 0 Å². The highest BCUT2D eigenvalue weighted by Gasteiger charge is 2.41. The van der Waals surface area contributed by atoms with Crippen LogP contribution in [0.25, 0.3) is 0 Å². The van der Waals surface area contributed by atoms with E-state index in [0.29, 0.717) is 24.1 Å². The number of aryl methyl sites for hydroxylation is 1. The van der Waals surface area contributed by atoms with Gasteiger partial charge in [-0.05, 0) is 73.9 Å². The summed E-state index contributed by atoms with van der Waals surface area (Å²) < 4.78 is 2.45. The second-order valence-corrected chi connectivity index (χ2v) is 10.0. The van der Waals surface area contributed by atoms with Gasteiger partial charge in [-0.3, -0.25) is 9.78 Å². The highest BCUT2D eigenvalue weighted by atomic mass is 32.1. The minimum Gasteiger partial charge on any atom is -0.352 e. The molecule has 0 spiro atoms. The molecule has 6 nitrogen and oxygen atoms in total. The van der Waals surface area contributed by atoms with Gasteiger partial charge in [0, 0.05) is 42.8 Å². The average Bonchev–Trinajstić information content (AvgIpc) is 3.48. The second kappa shape index (κ2) is 10.6. The first-order chi connectivity index (χ1) is 17.1. The predicted octanol–water partition coefficient (Wildman–Crippen LogP) is 5.70. The Morgan fingerprint density at radius 2 is 1.97 bits per heavy atom. The van der Waals surface area contributed by atoms with Gasteiger partial charge in [0.2, 0.25) is 5.91 Å². The largest absolute Gasteiger partial charge is 0.352 e. The van der Waals surface area contributed by atoms with Crippen LogP contribution in [0.3, 0.4) is 0 Å². The number of carbonyl (C=O) groups excluding carboxylic acids is 1. The fraction of sp³-hybridized carbons (Fsp3) is 0.393. The van der Waals surface area contributed by atoms with Crippen molar-refractivity contribution < 1.29 is 4.79 Å². The van der Waals surface area contributed by atoms with Gasteiger partial charge in [-0.25, -0.2) is 0 Å². The number of nitrogens with one attached hydrogen (secondary N) is 2. The number of benzene rings is 1. The zero-order valence-electron chi connectivity index (χ0n) is 20.2. The van der Waals surface area contributed by atoms with Crippen molar-refractivity contribution in [1.82, 2.24) is 19.8 Å². The Labute approximate surface area is 212 Å². The second-order valence-electron chi connectivity index (χ2n) is 9.62. The highest BCUT2D eigenvalue weighted by molar-refractivity contribution is 7.80. The molecule has 2 fully saturated rings. The quantitative estimate of drug-likeness (QED) is 0.419. The van der Waals surface area contributed by atoms with Crippen molar-refractivity contribution >= 4 is 28.9 Å². The van der Waals surface area contributed by atoms with Crippen molar-refractivity contribution in [3.8, 4) is 0 Å². The van der Waals surface area contributed by atoms with Crippen molar-refractivity contribution in [2.24, 2.45) is 0 Å². The lowest BCUT2D eigenvalue weighted by Gasteiger charge is -2.32. The van der Waals surface area contributed by atoms with Crippen LogP contribution in [0.15, 0.2) is 67.0 Å². The molecule has 182 valence electrons. The van der Waals surface area contributed by atoms with E-state index in [0.717, 1.165) is 16.9 Å². The Kier molecular flexibility index (Phi) is 7.13. The first-order valence-corrected chi connectivity index (χ1v) is 13.0. The van der Waals surface area contributed by atoms with E-state index in [1.165, 1.54) is 37.8 Å². The Morgan fingerprint density at radius 3 is 2.74 bits per heavy atom. The van der Waals surface area contributed by atoms with Crippen LogP contribution in [0.1, 0.15) is 73.6 Å². The number of nitrogens with zero attached hydrogens (tertiary/aromatic N) is 3. The number of carbonyl (C=O) groups is 1. The summed E-state index contributed by atoms with van der Waals surface area (Å²) in [4.78, 5) is 19.7. The normalized spacial score (nSPS) is 20.6. The molecule has 1 aliphatic carbocycles. The zero-order valence-corrected chi connectivity index (χ0v) is 21.0. The van der Waals surface area contributed by atoms with Crippen LogP contribution in [0.2, 0.25) is 0 Å². The molecule has 0 bridgehead atoms. The minimum atomic E-state index is -0.0687. The number of hydrogen-bond acceptors (Lipinski definition) is 3. The lowest BCUT2D eigenvalue weighted by molar-refractivity contribution is -0.116. The molecule has 0 radical (unpaired) electrons. The van der Waals surface area contributed by atoms with Crippen LogP contribution < -0.4 is 10.6 Å². The van der Waals surface area contributed by atoms with Gasteiger partial charge in [0.05, 0.1) is 17.8 Å². The third-order valence-corrected chi connectivity index (χ3v) is 7.51. The molecule has 1 aromatic carbocycles. The summed E-state index contributed by atoms with van der Waals surface area (Å²) >= 11 is 5.81. The van der Waals surface area contributed by atoms with Crippen molar-refractivity contribution in [2.75, 3.05) is 11.9 Å². The maximum absolute atomic E-state index is 12.8. The SMILES string of the molecule is Cc1cccc(NC(=O)CCN2C(=S)N[C@@H](c3ccccn3)[C@@H]2c2cccn2C2CCCCC2)c1. The molecule has 3 aromatic rings. The molecule has 1 amide bonds. The van der Waals surface area contributed by atoms with E-state index >= 15 is 0 Å². The van der Waals surface area contributed by atoms with Gasteiger partial charge in [0.25, 0.3) is 0 Å². The summed E-state index contributed by atoms with van der Waals surface area (Å²) in [6, 6.07) is 18.7. The van der Waals surface area contributed by atoms with Gasteiger partial charge in [0.1, 0.15) is 0 Å². The molecule has 3 heterocycles. The van der Waals surface area contributed by atoms with E-state index in [-0.39, 0.29) is 18.0 Å². The number of aromatic nitrogens is 2. The predicted molar refractivity (Wildman–Crippen MR) is 143 cm³/mol. The summed E-state index contributed by atoms with van der Waals surface area (Å²) in [5.74, 6) is -0.0129. The van der Waals surface area contributed by atoms with Gasteiger partial charge in [-0.1, -0.05) is 37.5 Å². The number of rotatable bonds is 7. The Hall–Kier alpha value is -3.19. The smallest absolute Gasteiger partial charge is 0.226 e. The highest BCUT2D eigenvalue weighted by Crippen LogP contribution is 2.41. The van der Waals surface area contributed by atoms with Gasteiger partial charge in [-0.2, -0.15) is 0 Å². The van der Waals surface area contributed by atoms with Gasteiger partial charge >= 0.3 is 0 Å². The van der Waals surface area contributed by atoms with Crippen LogP contribution in [0, 0.1) is 6.92 Å². The van der Waals surface area contributed by atoms with Crippen LogP contribution in [0.4, 0.5) is 5.69 Å². The van der Waals surface area contributed by atoms with Crippen molar-refractivity contribution in [3.05, 3.63) is 83.9 Å². The van der Waals surface area contributed by atoms with E-state index in [4.69, 9.17) is 12.2 Å². The zero-order chi connectivity index (χ0) is 24.2. The van der Waals surface area contributed by atoms with Gasteiger partial charge in [-0.15, -0.1) is 0 Å². The molecule has 2 N–H and O–H groups in total. The number of amides is 1. The van der Waals surface area contributed by atoms with E-state index in [1.54, 1.807) is 0 Å². The fourth-order valence-corrected chi connectivity index (χ4v) is 5.82. The molecule has 7 heteroatoms. The lowest BCUT2D eigenvalue weighted by Crippen LogP contribution is -2.33. The molecular weight excluding hydrogens is 454 g/mol. The molecular formula is C28H33N5OS. The summed E-state index contributed by atoms with van der Waals surface area (Å²) in [5.41, 5.74) is 4.14. The maximum Gasteiger partial charge on any atom is 0.226 e. The monoisotopic (exact) mass is 487 g/mol. The summed E-state index contributed by atoms with van der Waals surface area (Å²) in [5, 5.41) is 7.22. The molecule has 1 saturated carbocycles. The number of pyridine rings is 1.